The highest BCUT2D eigenvalue weighted by atomic mass is 32.2. The third-order valence-electron chi connectivity index (χ3n) is 7.22. The van der Waals surface area contributed by atoms with Crippen LogP contribution in [0.1, 0.15) is 58.1 Å². The van der Waals surface area contributed by atoms with E-state index in [1.807, 2.05) is 59.2 Å². The van der Waals surface area contributed by atoms with Gasteiger partial charge in [0.25, 0.3) is 5.91 Å². The van der Waals surface area contributed by atoms with Crippen molar-refractivity contribution in [2.45, 2.75) is 59.4 Å². The van der Waals surface area contributed by atoms with Crippen LogP contribution >= 0.6 is 0 Å². The monoisotopic (exact) mass is 483 g/mol. The number of amides is 1. The fraction of sp³-hybridized carbons (Fsp3) is 0.480. The summed E-state index contributed by atoms with van der Waals surface area (Å²) < 4.78 is 30.5. The van der Waals surface area contributed by atoms with E-state index in [9.17, 15) is 13.2 Å². The standard InChI is InChI=1S/C25H33N5O3S/c1-15(2)30-24-21(14-27-30)12-22(13-26-24)25(31)28-8-10-29(11-9-28)34(32,33)23-19(6)17(4)16(3)18(5)20(23)7/h12-15H,8-11H2,1-7H3. The third kappa shape index (κ3) is 3.90. The van der Waals surface area contributed by atoms with Crippen molar-refractivity contribution in [3.63, 3.8) is 0 Å². The van der Waals surface area contributed by atoms with Crippen LogP contribution in [0.25, 0.3) is 11.0 Å². The highest BCUT2D eigenvalue weighted by Crippen LogP contribution is 2.32. The van der Waals surface area contributed by atoms with Gasteiger partial charge in [-0.05, 0) is 82.3 Å². The van der Waals surface area contributed by atoms with Crippen molar-refractivity contribution in [3.05, 3.63) is 51.8 Å². The van der Waals surface area contributed by atoms with Crippen molar-refractivity contribution >= 4 is 27.0 Å². The van der Waals surface area contributed by atoms with E-state index in [0.29, 0.717) is 23.5 Å². The second-order valence-electron chi connectivity index (χ2n) is 9.47. The minimum atomic E-state index is -3.66. The molecule has 0 spiro atoms. The maximum absolute atomic E-state index is 13.6. The summed E-state index contributed by atoms with van der Waals surface area (Å²) in [5, 5.41) is 5.18. The minimum absolute atomic E-state index is 0.141. The third-order valence-corrected chi connectivity index (χ3v) is 9.40. The SMILES string of the molecule is Cc1c(C)c(C)c(S(=O)(=O)N2CCN(C(=O)c3cnc4c(cnn4C(C)C)c3)CC2)c(C)c1C. The van der Waals surface area contributed by atoms with Crippen LogP contribution < -0.4 is 0 Å². The van der Waals surface area contributed by atoms with E-state index in [4.69, 9.17) is 0 Å². The first-order chi connectivity index (χ1) is 15.9. The Labute approximate surface area is 201 Å². The molecule has 0 N–H and O–H groups in total. The van der Waals surface area contributed by atoms with E-state index >= 15 is 0 Å². The molecule has 182 valence electrons. The van der Waals surface area contributed by atoms with Crippen LogP contribution in [0.3, 0.4) is 0 Å². The molecule has 1 aromatic carbocycles. The maximum atomic E-state index is 13.6. The molecule has 1 aliphatic rings. The molecule has 8 nitrogen and oxygen atoms in total. The summed E-state index contributed by atoms with van der Waals surface area (Å²) in [7, 11) is -3.66. The number of aromatic nitrogens is 3. The normalized spacial score (nSPS) is 15.5. The van der Waals surface area contributed by atoms with Crippen molar-refractivity contribution < 1.29 is 13.2 Å². The zero-order valence-corrected chi connectivity index (χ0v) is 21.8. The number of rotatable bonds is 4. The molecule has 1 saturated heterocycles. The van der Waals surface area contributed by atoms with Crippen molar-refractivity contribution in [2.24, 2.45) is 0 Å². The van der Waals surface area contributed by atoms with Gasteiger partial charge in [-0.2, -0.15) is 9.40 Å². The number of sulfonamides is 1. The highest BCUT2D eigenvalue weighted by molar-refractivity contribution is 7.89. The quantitative estimate of drug-likeness (QED) is 0.565. The van der Waals surface area contributed by atoms with Gasteiger partial charge in [-0.1, -0.05) is 0 Å². The van der Waals surface area contributed by atoms with E-state index < -0.39 is 10.0 Å². The Morgan fingerprint density at radius 1 is 0.882 bits per heavy atom. The Hall–Kier alpha value is -2.78. The second-order valence-corrected chi connectivity index (χ2v) is 11.3. The molecule has 0 radical (unpaired) electrons. The number of carbonyl (C=O) groups is 1. The lowest BCUT2D eigenvalue weighted by Crippen LogP contribution is -2.50. The van der Waals surface area contributed by atoms with Gasteiger partial charge in [0.2, 0.25) is 10.0 Å². The summed E-state index contributed by atoms with van der Waals surface area (Å²) in [6, 6.07) is 1.99. The molecule has 1 fully saturated rings. The lowest BCUT2D eigenvalue weighted by atomic mass is 9.95. The molecule has 0 unspecified atom stereocenters. The van der Waals surface area contributed by atoms with E-state index in [1.165, 1.54) is 4.31 Å². The van der Waals surface area contributed by atoms with Gasteiger partial charge >= 0.3 is 0 Å². The van der Waals surface area contributed by atoms with Gasteiger partial charge in [-0.25, -0.2) is 18.1 Å². The van der Waals surface area contributed by atoms with Crippen LogP contribution in [0, 0.1) is 34.6 Å². The lowest BCUT2D eigenvalue weighted by molar-refractivity contribution is 0.0697. The van der Waals surface area contributed by atoms with Gasteiger partial charge in [0.15, 0.2) is 5.65 Å². The number of carbonyl (C=O) groups excluding carboxylic acids is 1. The number of nitrogens with zero attached hydrogens (tertiary/aromatic N) is 5. The number of hydrogen-bond acceptors (Lipinski definition) is 5. The Kier molecular flexibility index (Phi) is 6.29. The lowest BCUT2D eigenvalue weighted by Gasteiger charge is -2.35. The summed E-state index contributed by atoms with van der Waals surface area (Å²) in [4.78, 5) is 19.7. The molecule has 2 aromatic heterocycles. The molecule has 34 heavy (non-hydrogen) atoms. The van der Waals surface area contributed by atoms with Crippen molar-refractivity contribution in [3.8, 4) is 0 Å². The van der Waals surface area contributed by atoms with Gasteiger partial charge in [-0.15, -0.1) is 0 Å². The first-order valence-electron chi connectivity index (χ1n) is 11.6. The van der Waals surface area contributed by atoms with Crippen LogP contribution in [-0.4, -0.2) is 64.5 Å². The van der Waals surface area contributed by atoms with Crippen molar-refractivity contribution in [1.82, 2.24) is 24.0 Å². The Morgan fingerprint density at radius 3 is 2.00 bits per heavy atom. The number of benzene rings is 1. The van der Waals surface area contributed by atoms with Crippen LogP contribution in [0.15, 0.2) is 23.4 Å². The smallest absolute Gasteiger partial charge is 0.255 e. The van der Waals surface area contributed by atoms with Crippen LogP contribution in [0.5, 0.6) is 0 Å². The number of piperazine rings is 1. The molecule has 1 amide bonds. The Morgan fingerprint density at radius 2 is 1.44 bits per heavy atom. The number of pyridine rings is 1. The molecule has 3 heterocycles. The molecular formula is C25H33N5O3S. The van der Waals surface area contributed by atoms with Gasteiger partial charge < -0.3 is 4.90 Å². The molecule has 3 aromatic rings. The van der Waals surface area contributed by atoms with Crippen molar-refractivity contribution in [1.29, 1.82) is 0 Å². The first kappa shape index (κ1) is 24.3. The van der Waals surface area contributed by atoms with E-state index in [-0.39, 0.29) is 25.0 Å². The minimum Gasteiger partial charge on any atom is -0.336 e. The van der Waals surface area contributed by atoms with Gasteiger partial charge in [0.1, 0.15) is 0 Å². The first-order valence-corrected chi connectivity index (χ1v) is 13.1. The highest BCUT2D eigenvalue weighted by Gasteiger charge is 2.33. The largest absolute Gasteiger partial charge is 0.336 e. The van der Waals surface area contributed by atoms with E-state index in [1.54, 1.807) is 17.3 Å². The Bertz CT molecular complexity index is 1350. The van der Waals surface area contributed by atoms with Crippen LogP contribution in [0.2, 0.25) is 0 Å². The fourth-order valence-corrected chi connectivity index (χ4v) is 6.71. The maximum Gasteiger partial charge on any atom is 0.255 e. The molecule has 4 rings (SSSR count). The van der Waals surface area contributed by atoms with Gasteiger partial charge in [0.05, 0.1) is 16.7 Å². The van der Waals surface area contributed by atoms with E-state index in [0.717, 1.165) is 38.9 Å². The molecule has 0 atom stereocenters. The summed E-state index contributed by atoms with van der Waals surface area (Å²) in [5.41, 5.74) is 6.01. The summed E-state index contributed by atoms with van der Waals surface area (Å²) in [5.74, 6) is -0.141. The van der Waals surface area contributed by atoms with Crippen LogP contribution in [-0.2, 0) is 10.0 Å². The fourth-order valence-electron chi connectivity index (χ4n) is 4.73. The second kappa shape index (κ2) is 8.78. The summed E-state index contributed by atoms with van der Waals surface area (Å²) in [6.07, 6.45) is 3.30. The van der Waals surface area contributed by atoms with Crippen molar-refractivity contribution in [2.75, 3.05) is 26.2 Å². The molecular weight excluding hydrogens is 450 g/mol. The molecule has 0 bridgehead atoms. The average molecular weight is 484 g/mol. The summed E-state index contributed by atoms with van der Waals surface area (Å²) in [6.45, 7) is 15.0. The van der Waals surface area contributed by atoms with Gasteiger partial charge in [0, 0.05) is 43.8 Å². The van der Waals surface area contributed by atoms with Gasteiger partial charge in [-0.3, -0.25) is 4.79 Å². The summed E-state index contributed by atoms with van der Waals surface area (Å²) >= 11 is 0. The van der Waals surface area contributed by atoms with E-state index in [2.05, 4.69) is 10.1 Å². The van der Waals surface area contributed by atoms with Crippen LogP contribution in [0.4, 0.5) is 0 Å². The predicted molar refractivity (Wildman–Crippen MR) is 133 cm³/mol. The number of fused-ring (bicyclic) bond motifs is 1. The Balaban J connectivity index is 1.53. The molecule has 9 heteroatoms. The molecule has 0 aliphatic carbocycles. The zero-order valence-electron chi connectivity index (χ0n) is 21.0. The average Bonchev–Trinajstić information content (AvgIpc) is 3.24. The number of hydrogen-bond donors (Lipinski definition) is 0. The predicted octanol–water partition coefficient (Wildman–Crippen LogP) is 3.70. The molecule has 1 aliphatic heterocycles. The zero-order chi connectivity index (χ0) is 24.9. The topological polar surface area (TPSA) is 88.4 Å². The molecule has 0 saturated carbocycles.